The lowest BCUT2D eigenvalue weighted by atomic mass is 10.1. The van der Waals surface area contributed by atoms with Gasteiger partial charge in [-0.2, -0.15) is 5.10 Å². The molecule has 1 aromatic heterocycles. The van der Waals surface area contributed by atoms with Gasteiger partial charge in [0.05, 0.1) is 12.3 Å². The van der Waals surface area contributed by atoms with Gasteiger partial charge in [-0.25, -0.2) is 9.67 Å². The van der Waals surface area contributed by atoms with Crippen LogP contribution in [0.5, 0.6) is 5.75 Å². The molecule has 1 heterocycles. The van der Waals surface area contributed by atoms with E-state index in [9.17, 15) is 4.79 Å². The van der Waals surface area contributed by atoms with Gasteiger partial charge in [-0.3, -0.25) is 4.79 Å². The van der Waals surface area contributed by atoms with E-state index in [1.54, 1.807) is 0 Å². The van der Waals surface area contributed by atoms with Gasteiger partial charge in [0, 0.05) is 24.1 Å². The molecule has 0 unspecified atom stereocenters. The number of carbonyl (C=O) groups is 1. The van der Waals surface area contributed by atoms with Gasteiger partial charge in [0.15, 0.2) is 11.6 Å². The van der Waals surface area contributed by atoms with E-state index in [0.29, 0.717) is 18.7 Å². The minimum absolute atomic E-state index is 0.0787. The summed E-state index contributed by atoms with van der Waals surface area (Å²) >= 11 is 0. The monoisotopic (exact) mass is 468 g/mol. The minimum Gasteiger partial charge on any atom is -0.494 e. The Morgan fingerprint density at radius 1 is 0.943 bits per heavy atom. The molecule has 0 atom stereocenters. The first-order valence-electron chi connectivity index (χ1n) is 12.3. The van der Waals surface area contributed by atoms with Crippen molar-refractivity contribution in [2.75, 3.05) is 13.2 Å². The Hall–Kier alpha value is -3.93. The summed E-state index contributed by atoms with van der Waals surface area (Å²) < 4.78 is 7.37. The maximum atomic E-state index is 12.8. The fraction of sp³-hybridized carbons (Fsp3) is 0.276. The van der Waals surface area contributed by atoms with Gasteiger partial charge in [0.1, 0.15) is 5.75 Å². The highest BCUT2D eigenvalue weighted by Gasteiger charge is 2.15. The molecular formula is C29H32N4O2. The summed E-state index contributed by atoms with van der Waals surface area (Å²) in [6.07, 6.45) is 3.71. The van der Waals surface area contributed by atoms with Crippen LogP contribution in [0, 0.1) is 0 Å². The van der Waals surface area contributed by atoms with Crippen LogP contribution in [0.3, 0.4) is 0 Å². The number of aromatic nitrogens is 3. The second kappa shape index (κ2) is 12.0. The number of hydrogen-bond donors (Lipinski definition) is 1. The third-order valence-corrected chi connectivity index (χ3v) is 5.76. The Kier molecular flexibility index (Phi) is 8.28. The van der Waals surface area contributed by atoms with Gasteiger partial charge in [-0.05, 0) is 74.2 Å². The average molecular weight is 469 g/mol. The van der Waals surface area contributed by atoms with E-state index >= 15 is 0 Å². The summed E-state index contributed by atoms with van der Waals surface area (Å²) in [4.78, 5) is 17.5. The van der Waals surface area contributed by atoms with Crippen molar-refractivity contribution in [1.82, 2.24) is 20.1 Å². The van der Waals surface area contributed by atoms with Gasteiger partial charge in [0.2, 0.25) is 0 Å². The predicted octanol–water partition coefficient (Wildman–Crippen LogP) is 5.65. The molecule has 6 nitrogen and oxygen atoms in total. The number of nitrogens with zero attached hydrogens (tertiary/aromatic N) is 3. The molecule has 4 rings (SSSR count). The summed E-state index contributed by atoms with van der Waals surface area (Å²) in [5.74, 6) is 2.23. The van der Waals surface area contributed by atoms with E-state index in [-0.39, 0.29) is 5.91 Å². The molecule has 35 heavy (non-hydrogen) atoms. The highest BCUT2D eigenvalue weighted by Crippen LogP contribution is 2.24. The standard InChI is InChI=1S/C29H32N4O2/c1-3-27-31-28(23-16-18-26(19-17-23)35-4-2)33(32-27)25-15-10-14-24(21-25)29(34)30-20-9-8-13-22-11-6-5-7-12-22/h5-7,10-12,14-19,21H,3-4,8-9,13,20H2,1-2H3,(H,30,34). The molecule has 3 aromatic carbocycles. The molecule has 6 heteroatoms. The van der Waals surface area contributed by atoms with E-state index in [4.69, 9.17) is 14.8 Å². The molecule has 0 aliphatic carbocycles. The van der Waals surface area contributed by atoms with Crippen molar-refractivity contribution in [1.29, 1.82) is 0 Å². The summed E-state index contributed by atoms with van der Waals surface area (Å²) in [5.41, 5.74) is 3.68. The lowest BCUT2D eigenvalue weighted by Gasteiger charge is -2.10. The molecule has 0 saturated heterocycles. The normalized spacial score (nSPS) is 10.8. The van der Waals surface area contributed by atoms with E-state index in [1.165, 1.54) is 5.56 Å². The maximum Gasteiger partial charge on any atom is 0.251 e. The van der Waals surface area contributed by atoms with Crippen LogP contribution in [-0.4, -0.2) is 33.8 Å². The van der Waals surface area contributed by atoms with Gasteiger partial charge in [-0.1, -0.05) is 43.3 Å². The smallest absolute Gasteiger partial charge is 0.251 e. The molecule has 0 saturated carbocycles. The lowest BCUT2D eigenvalue weighted by Crippen LogP contribution is -2.24. The van der Waals surface area contributed by atoms with Crippen LogP contribution in [0.1, 0.15) is 48.4 Å². The van der Waals surface area contributed by atoms with Gasteiger partial charge in [0.25, 0.3) is 5.91 Å². The Bertz CT molecular complexity index is 1230. The van der Waals surface area contributed by atoms with E-state index in [2.05, 4.69) is 29.6 Å². The minimum atomic E-state index is -0.0787. The summed E-state index contributed by atoms with van der Waals surface area (Å²) in [5, 5.41) is 7.74. The Morgan fingerprint density at radius 2 is 1.74 bits per heavy atom. The van der Waals surface area contributed by atoms with Crippen LogP contribution >= 0.6 is 0 Å². The fourth-order valence-corrected chi connectivity index (χ4v) is 3.92. The number of rotatable bonds is 11. The Morgan fingerprint density at radius 3 is 2.49 bits per heavy atom. The Labute approximate surface area is 207 Å². The molecule has 0 bridgehead atoms. The van der Waals surface area contributed by atoms with E-state index in [0.717, 1.165) is 54.3 Å². The average Bonchev–Trinajstić information content (AvgIpc) is 3.34. The zero-order valence-electron chi connectivity index (χ0n) is 20.4. The Balaban J connectivity index is 1.44. The van der Waals surface area contributed by atoms with Crippen molar-refractivity contribution >= 4 is 5.91 Å². The largest absolute Gasteiger partial charge is 0.494 e. The van der Waals surface area contributed by atoms with Crippen LogP contribution in [0.2, 0.25) is 0 Å². The highest BCUT2D eigenvalue weighted by atomic mass is 16.5. The number of aryl methyl sites for hydroxylation is 2. The molecule has 4 aromatic rings. The molecule has 180 valence electrons. The fourth-order valence-electron chi connectivity index (χ4n) is 3.92. The van der Waals surface area contributed by atoms with E-state index < -0.39 is 0 Å². The maximum absolute atomic E-state index is 12.8. The van der Waals surface area contributed by atoms with Crippen LogP contribution < -0.4 is 10.1 Å². The topological polar surface area (TPSA) is 69.0 Å². The summed E-state index contributed by atoms with van der Waals surface area (Å²) in [6.45, 7) is 5.27. The number of amides is 1. The zero-order valence-corrected chi connectivity index (χ0v) is 20.4. The van der Waals surface area contributed by atoms with Crippen molar-refractivity contribution in [2.45, 2.75) is 39.5 Å². The quantitative estimate of drug-likeness (QED) is 0.289. The van der Waals surface area contributed by atoms with Crippen molar-refractivity contribution in [3.63, 3.8) is 0 Å². The second-order valence-electron chi connectivity index (χ2n) is 8.32. The van der Waals surface area contributed by atoms with Crippen molar-refractivity contribution < 1.29 is 9.53 Å². The zero-order chi connectivity index (χ0) is 24.5. The lowest BCUT2D eigenvalue weighted by molar-refractivity contribution is 0.0953. The number of hydrogen-bond acceptors (Lipinski definition) is 4. The van der Waals surface area contributed by atoms with Crippen molar-refractivity contribution in [2.24, 2.45) is 0 Å². The van der Waals surface area contributed by atoms with Crippen LogP contribution in [0.15, 0.2) is 78.9 Å². The molecule has 1 amide bonds. The second-order valence-corrected chi connectivity index (χ2v) is 8.32. The van der Waals surface area contributed by atoms with Gasteiger partial charge in [-0.15, -0.1) is 0 Å². The summed E-state index contributed by atoms with van der Waals surface area (Å²) in [7, 11) is 0. The highest BCUT2D eigenvalue weighted by molar-refractivity contribution is 5.94. The molecular weight excluding hydrogens is 436 g/mol. The number of carbonyl (C=O) groups excluding carboxylic acids is 1. The summed E-state index contributed by atoms with van der Waals surface area (Å²) in [6, 6.07) is 25.8. The molecule has 0 spiro atoms. The first-order valence-corrected chi connectivity index (χ1v) is 12.3. The first-order chi connectivity index (χ1) is 17.2. The number of nitrogens with one attached hydrogen (secondary N) is 1. The SMILES string of the molecule is CCOc1ccc(-c2nc(CC)nn2-c2cccc(C(=O)NCCCCc3ccccc3)c2)cc1. The number of benzene rings is 3. The van der Waals surface area contributed by atoms with Crippen LogP contribution in [0.4, 0.5) is 0 Å². The van der Waals surface area contributed by atoms with Crippen molar-refractivity contribution in [3.05, 3.63) is 95.8 Å². The molecule has 0 fully saturated rings. The van der Waals surface area contributed by atoms with E-state index in [1.807, 2.05) is 73.1 Å². The van der Waals surface area contributed by atoms with Crippen LogP contribution in [-0.2, 0) is 12.8 Å². The number of ether oxygens (including phenoxy) is 1. The molecule has 0 aliphatic heterocycles. The number of unbranched alkanes of at least 4 members (excludes halogenated alkanes) is 1. The predicted molar refractivity (Wildman–Crippen MR) is 139 cm³/mol. The third-order valence-electron chi connectivity index (χ3n) is 5.76. The molecule has 0 aliphatic rings. The van der Waals surface area contributed by atoms with Crippen LogP contribution in [0.25, 0.3) is 17.1 Å². The van der Waals surface area contributed by atoms with Gasteiger partial charge < -0.3 is 10.1 Å². The third kappa shape index (κ3) is 6.35. The molecule has 0 radical (unpaired) electrons. The molecule has 1 N–H and O–H groups in total. The first kappa shape index (κ1) is 24.2. The van der Waals surface area contributed by atoms with Gasteiger partial charge >= 0.3 is 0 Å². The van der Waals surface area contributed by atoms with Crippen molar-refractivity contribution in [3.8, 4) is 22.8 Å².